The standard InChI is InChI=1S/C34H39F4N5O7S/c1-33(2,3)50-32(49)39-24(31(47)48)17-51-43-29(45)22(16-18-12-13-18)20(14-15-34(36,37)38)28(44)42-27-30(46)41-26-21(10-7-11-23(26)35)25(40-27)19-8-5-4-6-9-19/h4-11,18,20,22,24,27H,12-17H2,1-3H3,(H,39,49)(H,41,46)(H,42,44)(H,43,45)(H,47,48)/t20-,22+,24?,27-/m1/s1. The predicted octanol–water partition coefficient (Wildman–Crippen LogP) is 5.17. The van der Waals surface area contributed by atoms with Crippen molar-refractivity contribution in [3.63, 3.8) is 0 Å². The highest BCUT2D eigenvalue weighted by molar-refractivity contribution is 7.98. The SMILES string of the molecule is CC(C)(C)OC(=O)NC(CSNC(=O)[C@@H](CC1CC1)[C@@H](CCC(F)(F)F)C(=O)N[C@H]1N=C(c2ccccc2)c2cccc(F)c2NC1=O)C(=O)O. The second-order valence-corrected chi connectivity index (χ2v) is 14.1. The van der Waals surface area contributed by atoms with Gasteiger partial charge in [0.2, 0.25) is 18.0 Å². The number of amides is 4. The van der Waals surface area contributed by atoms with Gasteiger partial charge in [0.15, 0.2) is 0 Å². The number of benzene rings is 2. The molecule has 2 aromatic rings. The van der Waals surface area contributed by atoms with Gasteiger partial charge in [-0.3, -0.25) is 19.1 Å². The van der Waals surface area contributed by atoms with E-state index in [4.69, 9.17) is 4.74 Å². The molecule has 276 valence electrons. The van der Waals surface area contributed by atoms with Crippen molar-refractivity contribution in [2.24, 2.45) is 22.7 Å². The van der Waals surface area contributed by atoms with Crippen molar-refractivity contribution >= 4 is 53.1 Å². The van der Waals surface area contributed by atoms with Gasteiger partial charge in [0.05, 0.1) is 17.3 Å². The number of carbonyl (C=O) groups excluding carboxylic acids is 4. The molecule has 17 heteroatoms. The van der Waals surface area contributed by atoms with E-state index in [0.717, 1.165) is 6.07 Å². The summed E-state index contributed by atoms with van der Waals surface area (Å²) in [5.74, 6) is -8.37. The van der Waals surface area contributed by atoms with Gasteiger partial charge < -0.3 is 25.8 Å². The quantitative estimate of drug-likeness (QED) is 0.130. The molecule has 1 aliphatic heterocycles. The fraction of sp³-hybridized carbons (Fsp3) is 0.471. The van der Waals surface area contributed by atoms with E-state index in [0.29, 0.717) is 30.4 Å². The molecule has 4 atom stereocenters. The van der Waals surface area contributed by atoms with Crippen molar-refractivity contribution < 1.29 is 51.4 Å². The van der Waals surface area contributed by atoms with Crippen LogP contribution >= 0.6 is 11.9 Å². The van der Waals surface area contributed by atoms with E-state index < -0.39 is 84.3 Å². The molecule has 0 aromatic heterocycles. The topological polar surface area (TPSA) is 175 Å². The van der Waals surface area contributed by atoms with Crippen LogP contribution in [0, 0.1) is 23.6 Å². The Labute approximate surface area is 295 Å². The summed E-state index contributed by atoms with van der Waals surface area (Å²) in [4.78, 5) is 69.1. The Morgan fingerprint density at radius 2 is 1.71 bits per heavy atom. The zero-order chi connectivity index (χ0) is 37.5. The van der Waals surface area contributed by atoms with Crippen molar-refractivity contribution in [1.82, 2.24) is 15.4 Å². The van der Waals surface area contributed by atoms with Gasteiger partial charge in [-0.1, -0.05) is 55.3 Å². The van der Waals surface area contributed by atoms with Crippen molar-refractivity contribution in [2.75, 3.05) is 11.1 Å². The molecule has 1 unspecified atom stereocenters. The molecule has 51 heavy (non-hydrogen) atoms. The summed E-state index contributed by atoms with van der Waals surface area (Å²) in [6.07, 6.45) is -8.21. The molecular formula is C34H39F4N5O7S. The van der Waals surface area contributed by atoms with E-state index >= 15 is 0 Å². The Morgan fingerprint density at radius 3 is 2.31 bits per heavy atom. The van der Waals surface area contributed by atoms with Crippen molar-refractivity contribution in [3.05, 3.63) is 65.5 Å². The highest BCUT2D eigenvalue weighted by atomic mass is 32.2. The zero-order valence-electron chi connectivity index (χ0n) is 28.0. The number of para-hydroxylation sites is 1. The molecule has 1 aliphatic carbocycles. The smallest absolute Gasteiger partial charge is 0.408 e. The Balaban J connectivity index is 1.57. The third-order valence-electron chi connectivity index (χ3n) is 7.94. The molecule has 12 nitrogen and oxygen atoms in total. The van der Waals surface area contributed by atoms with Gasteiger partial charge in [-0.15, -0.1) is 0 Å². The number of aliphatic carboxylic acids is 1. The molecule has 1 fully saturated rings. The minimum Gasteiger partial charge on any atom is -0.480 e. The molecule has 0 saturated heterocycles. The van der Waals surface area contributed by atoms with Crippen LogP contribution in [0.3, 0.4) is 0 Å². The number of hydrogen-bond donors (Lipinski definition) is 5. The maximum absolute atomic E-state index is 14.9. The minimum atomic E-state index is -4.69. The minimum absolute atomic E-state index is 0.0473. The first kappa shape index (κ1) is 39.1. The maximum Gasteiger partial charge on any atom is 0.408 e. The first-order chi connectivity index (χ1) is 23.9. The Kier molecular flexibility index (Phi) is 12.7. The van der Waals surface area contributed by atoms with Crippen LogP contribution in [0.25, 0.3) is 0 Å². The van der Waals surface area contributed by atoms with Gasteiger partial charge in [-0.2, -0.15) is 13.2 Å². The normalized spacial score (nSPS) is 17.7. The van der Waals surface area contributed by atoms with Crippen LogP contribution in [-0.2, 0) is 23.9 Å². The van der Waals surface area contributed by atoms with E-state index in [9.17, 15) is 46.6 Å². The van der Waals surface area contributed by atoms with Gasteiger partial charge in [-0.25, -0.2) is 19.0 Å². The molecule has 1 saturated carbocycles. The molecule has 0 spiro atoms. The summed E-state index contributed by atoms with van der Waals surface area (Å²) in [5.41, 5.74) is -0.291. The Hall–Kier alpha value is -4.67. The van der Waals surface area contributed by atoms with Crippen molar-refractivity contribution in [1.29, 1.82) is 0 Å². The highest BCUT2D eigenvalue weighted by Crippen LogP contribution is 2.40. The summed E-state index contributed by atoms with van der Waals surface area (Å²) in [7, 11) is 0. The Bertz CT molecular complexity index is 1650. The number of alkyl halides is 3. The van der Waals surface area contributed by atoms with E-state index in [1.165, 1.54) is 12.1 Å². The lowest BCUT2D eigenvalue weighted by atomic mass is 9.83. The number of halogens is 4. The molecule has 0 radical (unpaired) electrons. The predicted molar refractivity (Wildman–Crippen MR) is 180 cm³/mol. The zero-order valence-corrected chi connectivity index (χ0v) is 28.8. The third kappa shape index (κ3) is 11.7. The van der Waals surface area contributed by atoms with E-state index in [1.807, 2.05) is 0 Å². The van der Waals surface area contributed by atoms with E-state index in [2.05, 4.69) is 25.7 Å². The second kappa shape index (κ2) is 16.6. The number of nitrogens with one attached hydrogen (secondary N) is 4. The summed E-state index contributed by atoms with van der Waals surface area (Å²) in [6.45, 7) is 4.74. The van der Waals surface area contributed by atoms with E-state index in [1.54, 1.807) is 51.1 Å². The van der Waals surface area contributed by atoms with Gasteiger partial charge in [0.1, 0.15) is 17.5 Å². The number of hydrogen-bond acceptors (Lipinski definition) is 8. The van der Waals surface area contributed by atoms with Crippen LogP contribution in [0.4, 0.5) is 28.0 Å². The number of carbonyl (C=O) groups is 5. The number of alkyl carbamates (subject to hydrolysis) is 1. The highest BCUT2D eigenvalue weighted by Gasteiger charge is 2.42. The summed E-state index contributed by atoms with van der Waals surface area (Å²) >= 11 is 0.591. The lowest BCUT2D eigenvalue weighted by Crippen LogP contribution is -2.48. The summed E-state index contributed by atoms with van der Waals surface area (Å²) in [6, 6.07) is 11.0. The monoisotopic (exact) mass is 737 g/mol. The molecule has 1 heterocycles. The lowest BCUT2D eigenvalue weighted by Gasteiger charge is -2.27. The number of aliphatic imine (C=N–C) groups is 1. The first-order valence-corrected chi connectivity index (χ1v) is 17.1. The average molecular weight is 738 g/mol. The largest absolute Gasteiger partial charge is 0.480 e. The van der Waals surface area contributed by atoms with Gasteiger partial charge in [0, 0.05) is 29.2 Å². The molecule has 2 aromatic carbocycles. The number of benzodiazepines with no additional fused rings is 1. The van der Waals surface area contributed by atoms with Gasteiger partial charge in [-0.05, 0) is 57.5 Å². The maximum atomic E-state index is 14.9. The molecule has 2 aliphatic rings. The number of carboxylic acid groups (broad SMARTS) is 1. The molecule has 4 rings (SSSR count). The fourth-order valence-corrected chi connectivity index (χ4v) is 6.13. The van der Waals surface area contributed by atoms with Gasteiger partial charge >= 0.3 is 18.2 Å². The summed E-state index contributed by atoms with van der Waals surface area (Å²) in [5, 5.41) is 16.6. The molecule has 0 bridgehead atoms. The number of fused-ring (bicyclic) bond motifs is 1. The molecule has 4 amide bonds. The van der Waals surface area contributed by atoms with Crippen LogP contribution in [0.1, 0.15) is 64.0 Å². The van der Waals surface area contributed by atoms with Gasteiger partial charge in [0.25, 0.3) is 5.91 Å². The summed E-state index contributed by atoms with van der Waals surface area (Å²) < 4.78 is 63.0. The number of rotatable bonds is 14. The van der Waals surface area contributed by atoms with Crippen LogP contribution in [0.5, 0.6) is 0 Å². The van der Waals surface area contributed by atoms with E-state index in [-0.39, 0.29) is 35.1 Å². The number of nitrogens with zero attached hydrogens (tertiary/aromatic N) is 1. The first-order valence-electron chi connectivity index (χ1n) is 16.2. The number of ether oxygens (including phenoxy) is 1. The van der Waals surface area contributed by atoms with Crippen LogP contribution in [-0.4, -0.2) is 70.3 Å². The van der Waals surface area contributed by atoms with Crippen molar-refractivity contribution in [3.8, 4) is 0 Å². The van der Waals surface area contributed by atoms with Crippen LogP contribution < -0.4 is 20.7 Å². The lowest BCUT2D eigenvalue weighted by molar-refractivity contribution is -0.147. The Morgan fingerprint density at radius 1 is 1.02 bits per heavy atom. The second-order valence-electron chi connectivity index (χ2n) is 13.3. The molecular weight excluding hydrogens is 698 g/mol. The molecule has 5 N–H and O–H groups in total. The van der Waals surface area contributed by atoms with Crippen LogP contribution in [0.2, 0.25) is 0 Å². The average Bonchev–Trinajstić information content (AvgIpc) is 3.87. The van der Waals surface area contributed by atoms with Crippen molar-refractivity contribution in [2.45, 2.75) is 76.9 Å². The third-order valence-corrected chi connectivity index (χ3v) is 8.79. The fourth-order valence-electron chi connectivity index (χ4n) is 5.36. The number of carboxylic acids is 1. The van der Waals surface area contributed by atoms with Crippen LogP contribution in [0.15, 0.2) is 53.5 Å². The number of anilines is 1.